The monoisotopic (exact) mass is 428 g/mol. The maximum absolute atomic E-state index is 10.3. The Hall–Kier alpha value is -0.300. The number of aliphatic hydroxyl groups excluding tert-OH is 1. The third kappa shape index (κ3) is 3.68. The number of aliphatic hydroxyl groups is 1. The Morgan fingerprint density at radius 2 is 1.71 bits per heavy atom. The minimum atomic E-state index is -0.0925. The van der Waals surface area contributed by atoms with E-state index >= 15 is 0 Å². The smallest absolute Gasteiger partial charge is 0.0577 e. The molecule has 178 valence electrons. The lowest BCUT2D eigenvalue weighted by atomic mass is 9.40. The lowest BCUT2D eigenvalue weighted by Gasteiger charge is -2.65. The van der Waals surface area contributed by atoms with Crippen LogP contribution in [0.3, 0.4) is 0 Å². The van der Waals surface area contributed by atoms with E-state index in [1.54, 1.807) is 5.57 Å². The zero-order chi connectivity index (χ0) is 22.6. The molecule has 0 spiro atoms. The number of hydrogen-bond donors (Lipinski definition) is 1. The second kappa shape index (κ2) is 8.48. The molecule has 0 unspecified atom stereocenters. The molecule has 1 nitrogen and oxygen atoms in total. The fraction of sp³-hybridized carbons (Fsp3) is 0.933. The van der Waals surface area contributed by atoms with Gasteiger partial charge in [-0.15, -0.1) is 0 Å². The Morgan fingerprint density at radius 1 is 0.968 bits per heavy atom. The minimum Gasteiger partial charge on any atom is -0.393 e. The molecule has 0 heterocycles. The van der Waals surface area contributed by atoms with Gasteiger partial charge >= 0.3 is 0 Å². The Morgan fingerprint density at radius 3 is 2.39 bits per heavy atom. The maximum Gasteiger partial charge on any atom is 0.0577 e. The number of allylic oxidation sites excluding steroid dienone is 1. The van der Waals surface area contributed by atoms with Crippen molar-refractivity contribution in [1.82, 2.24) is 0 Å². The second-order valence-corrected chi connectivity index (χ2v) is 13.5. The highest BCUT2D eigenvalue weighted by molar-refractivity contribution is 5.28. The van der Waals surface area contributed by atoms with Crippen molar-refractivity contribution in [1.29, 1.82) is 0 Å². The predicted molar refractivity (Wildman–Crippen MR) is 133 cm³/mol. The van der Waals surface area contributed by atoms with Crippen LogP contribution in [0.25, 0.3) is 0 Å². The lowest BCUT2D eigenvalue weighted by Crippen LogP contribution is -2.57. The van der Waals surface area contributed by atoms with Gasteiger partial charge in [0.2, 0.25) is 0 Å². The van der Waals surface area contributed by atoms with Crippen LogP contribution in [0.2, 0.25) is 0 Å². The van der Waals surface area contributed by atoms with E-state index in [0.29, 0.717) is 16.2 Å². The van der Waals surface area contributed by atoms with E-state index in [-0.39, 0.29) is 6.10 Å². The van der Waals surface area contributed by atoms with Crippen LogP contribution in [0.1, 0.15) is 119 Å². The lowest BCUT2D eigenvalue weighted by molar-refractivity contribution is -0.130. The molecule has 0 amide bonds. The van der Waals surface area contributed by atoms with Gasteiger partial charge in [0.25, 0.3) is 0 Å². The molecule has 0 aliphatic heterocycles. The van der Waals surface area contributed by atoms with Crippen LogP contribution >= 0.6 is 0 Å². The van der Waals surface area contributed by atoms with Crippen LogP contribution in [0.5, 0.6) is 0 Å². The van der Waals surface area contributed by atoms with Crippen molar-refractivity contribution in [3.8, 4) is 0 Å². The zero-order valence-electron chi connectivity index (χ0n) is 21.8. The number of fused-ring (bicyclic) bond motifs is 5. The molecule has 0 saturated heterocycles. The van der Waals surface area contributed by atoms with Gasteiger partial charge in [-0.2, -0.15) is 0 Å². The SMILES string of the molecule is CC[C@H](CC[C@@H](C)[C@H]1CC[C@]2(C)[C@@H]1CC[C@@H]1[C@@]3(C)CC[C@H](O)CC3=CC[C@]12C)C(C)C. The molecule has 4 rings (SSSR count). The van der Waals surface area contributed by atoms with Crippen LogP contribution in [0, 0.1) is 51.8 Å². The normalized spacial score (nSPS) is 46.7. The van der Waals surface area contributed by atoms with Crippen molar-refractivity contribution >= 4 is 0 Å². The van der Waals surface area contributed by atoms with Gasteiger partial charge in [0, 0.05) is 0 Å². The molecular weight excluding hydrogens is 376 g/mol. The van der Waals surface area contributed by atoms with Crippen molar-refractivity contribution in [2.75, 3.05) is 0 Å². The molecule has 0 aromatic carbocycles. The van der Waals surface area contributed by atoms with Crippen LogP contribution in [-0.4, -0.2) is 11.2 Å². The van der Waals surface area contributed by atoms with Gasteiger partial charge in [-0.1, -0.05) is 73.0 Å². The van der Waals surface area contributed by atoms with Gasteiger partial charge in [-0.05, 0) is 110 Å². The summed E-state index contributed by atoms with van der Waals surface area (Å²) in [6.07, 6.45) is 16.9. The first-order valence-corrected chi connectivity index (χ1v) is 13.9. The third-order valence-corrected chi connectivity index (χ3v) is 12.1. The molecule has 0 aromatic heterocycles. The summed E-state index contributed by atoms with van der Waals surface area (Å²) in [5.41, 5.74) is 2.89. The summed E-state index contributed by atoms with van der Waals surface area (Å²) in [6, 6.07) is 0. The largest absolute Gasteiger partial charge is 0.393 e. The van der Waals surface area contributed by atoms with Gasteiger partial charge < -0.3 is 5.11 Å². The topological polar surface area (TPSA) is 20.2 Å². The van der Waals surface area contributed by atoms with Gasteiger partial charge in [0.1, 0.15) is 0 Å². The molecule has 9 atom stereocenters. The number of hydrogen-bond acceptors (Lipinski definition) is 1. The molecule has 1 N–H and O–H groups in total. The van der Waals surface area contributed by atoms with Crippen molar-refractivity contribution in [2.24, 2.45) is 51.8 Å². The quantitative estimate of drug-likeness (QED) is 0.421. The summed E-state index contributed by atoms with van der Waals surface area (Å²) >= 11 is 0. The van der Waals surface area contributed by atoms with Crippen LogP contribution in [0.15, 0.2) is 11.6 Å². The third-order valence-electron chi connectivity index (χ3n) is 12.1. The predicted octanol–water partition coefficient (Wildman–Crippen LogP) is 8.41. The second-order valence-electron chi connectivity index (χ2n) is 13.5. The van der Waals surface area contributed by atoms with E-state index in [1.165, 1.54) is 57.8 Å². The molecule has 0 radical (unpaired) electrons. The molecule has 1 heteroatoms. The number of rotatable bonds is 6. The molecular formula is C30H52O. The molecule has 3 fully saturated rings. The maximum atomic E-state index is 10.3. The van der Waals surface area contributed by atoms with Crippen molar-refractivity contribution in [3.63, 3.8) is 0 Å². The highest BCUT2D eigenvalue weighted by atomic mass is 16.3. The van der Waals surface area contributed by atoms with E-state index in [9.17, 15) is 5.11 Å². The highest BCUT2D eigenvalue weighted by Gasteiger charge is 2.65. The summed E-state index contributed by atoms with van der Waals surface area (Å²) in [5.74, 6) is 5.31. The van der Waals surface area contributed by atoms with Gasteiger partial charge in [0.05, 0.1) is 6.10 Å². The van der Waals surface area contributed by atoms with E-state index in [0.717, 1.165) is 48.3 Å². The Bertz CT molecular complexity index is 678. The average Bonchev–Trinajstić information content (AvgIpc) is 3.07. The van der Waals surface area contributed by atoms with Crippen molar-refractivity contribution < 1.29 is 5.11 Å². The summed E-state index contributed by atoms with van der Waals surface area (Å²) in [7, 11) is 0. The van der Waals surface area contributed by atoms with E-state index < -0.39 is 0 Å². The van der Waals surface area contributed by atoms with Gasteiger partial charge in [0.15, 0.2) is 0 Å². The summed E-state index contributed by atoms with van der Waals surface area (Å²) in [6.45, 7) is 17.8. The van der Waals surface area contributed by atoms with Gasteiger partial charge in [-0.25, -0.2) is 0 Å². The van der Waals surface area contributed by atoms with Gasteiger partial charge in [-0.3, -0.25) is 0 Å². The first kappa shape index (κ1) is 23.8. The Kier molecular flexibility index (Phi) is 6.53. The minimum absolute atomic E-state index is 0.0925. The van der Waals surface area contributed by atoms with E-state index in [4.69, 9.17) is 0 Å². The summed E-state index contributed by atoms with van der Waals surface area (Å²) < 4.78 is 0. The van der Waals surface area contributed by atoms with Crippen LogP contribution in [-0.2, 0) is 0 Å². The zero-order valence-corrected chi connectivity index (χ0v) is 21.8. The summed E-state index contributed by atoms with van der Waals surface area (Å²) in [4.78, 5) is 0. The van der Waals surface area contributed by atoms with Crippen molar-refractivity contribution in [2.45, 2.75) is 125 Å². The standard InChI is InChI=1S/C30H52O/c1-8-22(20(2)3)10-9-21(4)25-15-18-29(6)26(25)11-12-27-28(5)16-14-24(31)19-23(28)13-17-30(27,29)7/h13,20-22,24-27,31H,8-12,14-19H2,1-7H3/t21-,22-,24+,25-,26-,27-,28+,29-,30-/m1/s1. The molecule has 4 aliphatic rings. The fourth-order valence-corrected chi connectivity index (χ4v) is 9.67. The first-order chi connectivity index (χ1) is 14.6. The molecule has 0 aromatic rings. The summed E-state index contributed by atoms with van der Waals surface area (Å²) in [5, 5.41) is 10.3. The van der Waals surface area contributed by atoms with E-state index in [2.05, 4.69) is 54.5 Å². The molecule has 3 saturated carbocycles. The molecule has 4 aliphatic carbocycles. The fourth-order valence-electron chi connectivity index (χ4n) is 9.67. The van der Waals surface area contributed by atoms with E-state index in [1.807, 2.05) is 0 Å². The highest BCUT2D eigenvalue weighted by Crippen LogP contribution is 2.73. The molecule has 31 heavy (non-hydrogen) atoms. The van der Waals surface area contributed by atoms with Crippen molar-refractivity contribution in [3.05, 3.63) is 11.6 Å². The van der Waals surface area contributed by atoms with Crippen LogP contribution < -0.4 is 0 Å². The first-order valence-electron chi connectivity index (χ1n) is 13.9. The Balaban J connectivity index is 1.53. The van der Waals surface area contributed by atoms with Crippen LogP contribution in [0.4, 0.5) is 0 Å². The molecule has 0 bridgehead atoms. The Labute approximate surface area is 193 Å². The average molecular weight is 429 g/mol.